The van der Waals surface area contributed by atoms with Crippen molar-refractivity contribution in [3.63, 3.8) is 0 Å². The number of primary amides is 1. The molecule has 0 aliphatic carbocycles. The molecule has 0 unspecified atom stereocenters. The zero-order chi connectivity index (χ0) is 13.7. The zero-order valence-electron chi connectivity index (χ0n) is 9.82. The summed E-state index contributed by atoms with van der Waals surface area (Å²) >= 11 is 0. The van der Waals surface area contributed by atoms with Crippen molar-refractivity contribution in [1.29, 1.82) is 5.41 Å². The minimum absolute atomic E-state index is 0.00400. The Kier molecular flexibility index (Phi) is 3.67. The van der Waals surface area contributed by atoms with Gasteiger partial charge in [-0.2, -0.15) is 0 Å². The Labute approximate surface area is 108 Å². The van der Waals surface area contributed by atoms with Gasteiger partial charge in [0.15, 0.2) is 11.5 Å². The van der Waals surface area contributed by atoms with E-state index in [4.69, 9.17) is 11.1 Å². The summed E-state index contributed by atoms with van der Waals surface area (Å²) in [7, 11) is 0. The first-order valence-electron chi connectivity index (χ1n) is 5.35. The van der Waals surface area contributed by atoms with Crippen LogP contribution >= 0.6 is 0 Å². The second-order valence-corrected chi connectivity index (χ2v) is 3.51. The van der Waals surface area contributed by atoms with E-state index in [1.54, 1.807) is 24.3 Å². The van der Waals surface area contributed by atoms with Crippen molar-refractivity contribution in [2.45, 2.75) is 0 Å². The van der Waals surface area contributed by atoms with Gasteiger partial charge in [0.2, 0.25) is 5.82 Å². The lowest BCUT2D eigenvalue weighted by atomic mass is 10.2. The van der Waals surface area contributed by atoms with Gasteiger partial charge in [-0.15, -0.1) is 10.2 Å². The summed E-state index contributed by atoms with van der Waals surface area (Å²) in [6.07, 6.45) is 2.70. The molecular formula is C12H10N6O. The van der Waals surface area contributed by atoms with Crippen molar-refractivity contribution < 1.29 is 4.79 Å². The van der Waals surface area contributed by atoms with Gasteiger partial charge in [-0.25, -0.2) is 9.97 Å². The molecular weight excluding hydrogens is 244 g/mol. The summed E-state index contributed by atoms with van der Waals surface area (Å²) in [4.78, 5) is 18.7. The van der Waals surface area contributed by atoms with Crippen molar-refractivity contribution in [3.05, 3.63) is 54.0 Å². The zero-order valence-corrected chi connectivity index (χ0v) is 9.82. The maximum atomic E-state index is 11.1. The summed E-state index contributed by atoms with van der Waals surface area (Å²) in [5, 5.41) is 15.2. The molecule has 1 aromatic heterocycles. The Balaban J connectivity index is 2.24. The molecule has 3 N–H and O–H groups in total. The van der Waals surface area contributed by atoms with Crippen molar-refractivity contribution in [2.24, 2.45) is 16.0 Å². The summed E-state index contributed by atoms with van der Waals surface area (Å²) in [5.41, 5.74) is 5.67. The van der Waals surface area contributed by atoms with Crippen LogP contribution in [-0.2, 0) is 0 Å². The van der Waals surface area contributed by atoms with Crippen LogP contribution in [0.5, 0.6) is 0 Å². The summed E-state index contributed by atoms with van der Waals surface area (Å²) < 4.78 is 0. The minimum atomic E-state index is -0.742. The Morgan fingerprint density at radius 1 is 1.16 bits per heavy atom. The first-order chi connectivity index (χ1) is 9.18. The fraction of sp³-hybridized carbons (Fsp3) is 0. The lowest BCUT2D eigenvalue weighted by Crippen LogP contribution is -2.13. The predicted octanol–water partition coefficient (Wildman–Crippen LogP) is 1.68. The number of benzene rings is 1. The average molecular weight is 254 g/mol. The average Bonchev–Trinajstić information content (AvgIpc) is 2.46. The highest BCUT2D eigenvalue weighted by molar-refractivity contribution is 5.97. The smallest absolute Gasteiger partial charge is 0.271 e. The second kappa shape index (κ2) is 5.58. The molecule has 19 heavy (non-hydrogen) atoms. The van der Waals surface area contributed by atoms with Gasteiger partial charge in [0.05, 0.1) is 0 Å². The molecule has 0 bridgehead atoms. The topological polar surface area (TPSA) is 117 Å². The van der Waals surface area contributed by atoms with E-state index in [9.17, 15) is 4.79 Å². The van der Waals surface area contributed by atoms with Gasteiger partial charge in [0.25, 0.3) is 5.91 Å². The van der Waals surface area contributed by atoms with E-state index in [1.807, 2.05) is 6.07 Å². The third kappa shape index (κ3) is 3.03. The number of hydrogen-bond acceptors (Lipinski definition) is 5. The molecule has 0 saturated carbocycles. The molecule has 94 valence electrons. The Morgan fingerprint density at radius 2 is 1.84 bits per heavy atom. The predicted molar refractivity (Wildman–Crippen MR) is 68.3 cm³/mol. The summed E-state index contributed by atoms with van der Waals surface area (Å²) in [6, 6.07) is 8.87. The molecule has 1 aromatic carbocycles. The van der Waals surface area contributed by atoms with Gasteiger partial charge in [-0.05, 0) is 0 Å². The van der Waals surface area contributed by atoms with E-state index < -0.39 is 5.91 Å². The monoisotopic (exact) mass is 254 g/mol. The number of azo groups is 1. The molecule has 0 fully saturated rings. The highest BCUT2D eigenvalue weighted by Crippen LogP contribution is 2.13. The van der Waals surface area contributed by atoms with Crippen molar-refractivity contribution in [1.82, 2.24) is 9.97 Å². The van der Waals surface area contributed by atoms with Crippen LogP contribution in [0, 0.1) is 5.41 Å². The highest BCUT2D eigenvalue weighted by Gasteiger charge is 2.10. The Morgan fingerprint density at radius 3 is 2.53 bits per heavy atom. The highest BCUT2D eigenvalue weighted by atomic mass is 16.1. The van der Waals surface area contributed by atoms with Gasteiger partial charge < -0.3 is 5.73 Å². The molecule has 1 heterocycles. The van der Waals surface area contributed by atoms with Gasteiger partial charge in [0.1, 0.15) is 0 Å². The molecule has 0 aliphatic heterocycles. The third-order valence-corrected chi connectivity index (χ3v) is 2.20. The van der Waals surface area contributed by atoms with Gasteiger partial charge in [-0.1, -0.05) is 30.3 Å². The molecule has 1 amide bonds. The third-order valence-electron chi connectivity index (χ3n) is 2.20. The Hall–Kier alpha value is -2.96. The number of amides is 1. The number of carbonyl (C=O) groups is 1. The van der Waals surface area contributed by atoms with E-state index >= 15 is 0 Å². The van der Waals surface area contributed by atoms with Crippen LogP contribution in [0.4, 0.5) is 5.82 Å². The van der Waals surface area contributed by atoms with Gasteiger partial charge in [-0.3, -0.25) is 10.2 Å². The molecule has 0 atom stereocenters. The van der Waals surface area contributed by atoms with Crippen molar-refractivity contribution >= 4 is 17.6 Å². The number of aromatic nitrogens is 2. The van der Waals surface area contributed by atoms with Crippen molar-refractivity contribution in [2.75, 3.05) is 0 Å². The molecule has 2 rings (SSSR count). The lowest BCUT2D eigenvalue weighted by molar-refractivity contribution is 0.0996. The minimum Gasteiger partial charge on any atom is -0.364 e. The number of carbonyl (C=O) groups excluding carboxylic acids is 1. The first kappa shape index (κ1) is 12.5. The Bertz CT molecular complexity index is 638. The van der Waals surface area contributed by atoms with Crippen LogP contribution in [-0.4, -0.2) is 21.7 Å². The van der Waals surface area contributed by atoms with Crippen molar-refractivity contribution in [3.8, 4) is 0 Å². The second-order valence-electron chi connectivity index (χ2n) is 3.51. The molecule has 0 aliphatic rings. The SMILES string of the molecule is N=C(N=Nc1nccnc1C(N)=O)c1ccccc1. The molecule has 7 heteroatoms. The van der Waals surface area contributed by atoms with E-state index in [0.29, 0.717) is 5.56 Å². The number of rotatable bonds is 3. The number of nitrogens with zero attached hydrogens (tertiary/aromatic N) is 4. The molecule has 0 radical (unpaired) electrons. The molecule has 2 aromatic rings. The standard InChI is InChI=1S/C12H10N6O/c13-10(8-4-2-1-3-5-8)17-18-12-9(11(14)19)15-6-7-16-12/h1-7,13H,(H2,14,19). The quantitative estimate of drug-likeness (QED) is 0.492. The molecule has 7 nitrogen and oxygen atoms in total. The van der Waals surface area contributed by atoms with Crippen LogP contribution in [0.2, 0.25) is 0 Å². The van der Waals surface area contributed by atoms with Crippen LogP contribution < -0.4 is 5.73 Å². The lowest BCUT2D eigenvalue weighted by Gasteiger charge is -1.98. The van der Waals surface area contributed by atoms with Gasteiger partial charge in [0, 0.05) is 18.0 Å². The molecule has 0 saturated heterocycles. The number of nitrogens with two attached hydrogens (primary N) is 1. The van der Waals surface area contributed by atoms with E-state index in [0.717, 1.165) is 0 Å². The van der Waals surface area contributed by atoms with Crippen LogP contribution in [0.3, 0.4) is 0 Å². The number of hydrogen-bond donors (Lipinski definition) is 2. The fourth-order valence-corrected chi connectivity index (χ4v) is 1.33. The van der Waals surface area contributed by atoms with Crippen LogP contribution in [0.1, 0.15) is 16.1 Å². The number of nitrogens with one attached hydrogen (secondary N) is 1. The fourth-order valence-electron chi connectivity index (χ4n) is 1.33. The maximum Gasteiger partial charge on any atom is 0.271 e. The van der Waals surface area contributed by atoms with Crippen LogP contribution in [0.25, 0.3) is 0 Å². The largest absolute Gasteiger partial charge is 0.364 e. The normalized spacial score (nSPS) is 10.5. The van der Waals surface area contributed by atoms with Gasteiger partial charge >= 0.3 is 0 Å². The maximum absolute atomic E-state index is 11.1. The van der Waals surface area contributed by atoms with E-state index in [-0.39, 0.29) is 17.3 Å². The first-order valence-corrected chi connectivity index (χ1v) is 5.35. The van der Waals surface area contributed by atoms with Crippen LogP contribution in [0.15, 0.2) is 53.0 Å². The molecule has 0 spiro atoms. The van der Waals surface area contributed by atoms with E-state index in [1.165, 1.54) is 12.4 Å². The summed E-state index contributed by atoms with van der Waals surface area (Å²) in [6.45, 7) is 0. The van der Waals surface area contributed by atoms with E-state index in [2.05, 4.69) is 20.2 Å². The number of amidine groups is 1. The summed E-state index contributed by atoms with van der Waals surface area (Å²) in [5.74, 6) is -0.786.